The van der Waals surface area contributed by atoms with Crippen LogP contribution < -0.4 is 20.7 Å². The number of carbonyl (C=O) groups excluding carboxylic acids is 1. The molecule has 0 aliphatic rings. The molecule has 7 nitrogen and oxygen atoms in total. The number of para-hydroxylation sites is 1. The second-order valence-electron chi connectivity index (χ2n) is 6.52. The summed E-state index contributed by atoms with van der Waals surface area (Å²) in [6.45, 7) is 7.13. The summed E-state index contributed by atoms with van der Waals surface area (Å²) in [5, 5.41) is 8.97. The van der Waals surface area contributed by atoms with Crippen LogP contribution in [0.1, 0.15) is 25.8 Å². The fourth-order valence-corrected chi connectivity index (χ4v) is 2.40. The van der Waals surface area contributed by atoms with Gasteiger partial charge >= 0.3 is 0 Å². The Kier molecular flexibility index (Phi) is 11.7. The highest BCUT2D eigenvalue weighted by Crippen LogP contribution is 2.16. The number of guanidine groups is 1. The monoisotopic (exact) mass is 529 g/mol. The second kappa shape index (κ2) is 13.7. The molecule has 1 atom stereocenters. The van der Waals surface area contributed by atoms with Crippen molar-refractivity contribution in [2.75, 3.05) is 25.0 Å². The number of aromatic nitrogens is 1. The SMILES string of the molecule is CCNC(=NCC(C)Oc1ccccc1F)NCCC(=O)Nc1ccc(C)cn1.I. The molecular weight excluding hydrogens is 500 g/mol. The van der Waals surface area contributed by atoms with Crippen molar-refractivity contribution in [2.24, 2.45) is 4.99 Å². The summed E-state index contributed by atoms with van der Waals surface area (Å²) < 4.78 is 19.2. The molecule has 3 N–H and O–H groups in total. The number of benzene rings is 1. The molecule has 1 unspecified atom stereocenters. The van der Waals surface area contributed by atoms with Crippen LogP contribution in [0.4, 0.5) is 10.2 Å². The Balaban J connectivity index is 0.00000450. The fraction of sp³-hybridized carbons (Fsp3) is 0.381. The molecular formula is C21H29FIN5O2. The first-order valence-corrected chi connectivity index (χ1v) is 9.63. The normalized spacial score (nSPS) is 11.8. The highest BCUT2D eigenvalue weighted by Gasteiger charge is 2.09. The summed E-state index contributed by atoms with van der Waals surface area (Å²) in [5.74, 6) is 0.760. The molecule has 1 aromatic carbocycles. The average Bonchev–Trinajstić information content (AvgIpc) is 2.69. The lowest BCUT2D eigenvalue weighted by molar-refractivity contribution is -0.116. The van der Waals surface area contributed by atoms with Gasteiger partial charge in [0, 0.05) is 25.7 Å². The minimum Gasteiger partial charge on any atom is -0.486 e. The maximum atomic E-state index is 13.7. The zero-order valence-corrected chi connectivity index (χ0v) is 19.8. The molecule has 0 saturated carbocycles. The standard InChI is InChI=1S/C21H28FN5O2.HI/c1-4-23-21(26-14-16(3)29-18-8-6-5-7-17(18)22)24-12-11-20(28)27-19-10-9-15(2)13-25-19;/h5-10,13,16H,4,11-12,14H2,1-3H3,(H2,23,24,26)(H,25,27,28);1H. The van der Waals surface area contributed by atoms with Gasteiger partial charge in [-0.2, -0.15) is 0 Å². The lowest BCUT2D eigenvalue weighted by atomic mass is 10.3. The van der Waals surface area contributed by atoms with E-state index in [2.05, 4.69) is 25.9 Å². The molecule has 0 spiro atoms. The molecule has 1 heterocycles. The van der Waals surface area contributed by atoms with Crippen LogP contribution in [0, 0.1) is 12.7 Å². The third-order valence-corrected chi connectivity index (χ3v) is 3.84. The summed E-state index contributed by atoms with van der Waals surface area (Å²) in [4.78, 5) is 20.6. The average molecular weight is 529 g/mol. The number of aryl methyl sites for hydroxylation is 1. The van der Waals surface area contributed by atoms with Crippen LogP contribution in [0.25, 0.3) is 0 Å². The number of ether oxygens (including phenoxy) is 1. The van der Waals surface area contributed by atoms with Crippen molar-refractivity contribution in [1.82, 2.24) is 15.6 Å². The Morgan fingerprint density at radius 3 is 2.67 bits per heavy atom. The Hall–Kier alpha value is -2.43. The quantitative estimate of drug-likeness (QED) is 0.263. The van der Waals surface area contributed by atoms with Crippen LogP contribution in [0.15, 0.2) is 47.6 Å². The van der Waals surface area contributed by atoms with Gasteiger partial charge in [0.25, 0.3) is 0 Å². The lowest BCUT2D eigenvalue weighted by Crippen LogP contribution is -2.39. The van der Waals surface area contributed by atoms with Crippen LogP contribution in [-0.4, -0.2) is 42.6 Å². The predicted molar refractivity (Wildman–Crippen MR) is 128 cm³/mol. The smallest absolute Gasteiger partial charge is 0.227 e. The Morgan fingerprint density at radius 2 is 2.00 bits per heavy atom. The Morgan fingerprint density at radius 1 is 1.23 bits per heavy atom. The summed E-state index contributed by atoms with van der Waals surface area (Å²) >= 11 is 0. The number of carbonyl (C=O) groups is 1. The summed E-state index contributed by atoms with van der Waals surface area (Å²) in [5.41, 5.74) is 1.03. The molecule has 0 saturated heterocycles. The number of nitrogens with one attached hydrogen (secondary N) is 3. The van der Waals surface area contributed by atoms with Gasteiger partial charge in [-0.3, -0.25) is 4.79 Å². The van der Waals surface area contributed by atoms with Gasteiger partial charge in [-0.1, -0.05) is 18.2 Å². The van der Waals surface area contributed by atoms with Crippen molar-refractivity contribution in [2.45, 2.75) is 33.3 Å². The molecule has 1 amide bonds. The van der Waals surface area contributed by atoms with E-state index in [4.69, 9.17) is 4.74 Å². The van der Waals surface area contributed by atoms with Crippen molar-refractivity contribution in [3.8, 4) is 5.75 Å². The molecule has 0 radical (unpaired) electrons. The van der Waals surface area contributed by atoms with Crippen molar-refractivity contribution in [3.63, 3.8) is 0 Å². The van der Waals surface area contributed by atoms with E-state index in [1.54, 1.807) is 30.5 Å². The first-order chi connectivity index (χ1) is 14.0. The minimum atomic E-state index is -0.401. The second-order valence-corrected chi connectivity index (χ2v) is 6.52. The number of hydrogen-bond donors (Lipinski definition) is 3. The van der Waals surface area contributed by atoms with Crippen LogP contribution in [0.3, 0.4) is 0 Å². The number of pyridine rings is 1. The number of amides is 1. The number of anilines is 1. The predicted octanol–water partition coefficient (Wildman–Crippen LogP) is 3.50. The molecule has 2 aromatic rings. The van der Waals surface area contributed by atoms with E-state index in [0.29, 0.717) is 31.4 Å². The topological polar surface area (TPSA) is 87.6 Å². The van der Waals surface area contributed by atoms with Crippen molar-refractivity contribution >= 4 is 41.7 Å². The van der Waals surface area contributed by atoms with Crippen LogP contribution in [0.5, 0.6) is 5.75 Å². The fourth-order valence-electron chi connectivity index (χ4n) is 2.40. The Labute approximate surface area is 193 Å². The van der Waals surface area contributed by atoms with Crippen LogP contribution >= 0.6 is 24.0 Å². The summed E-state index contributed by atoms with van der Waals surface area (Å²) in [6, 6.07) is 9.93. The van der Waals surface area contributed by atoms with Gasteiger partial charge in [-0.25, -0.2) is 14.4 Å². The maximum Gasteiger partial charge on any atom is 0.227 e. The molecule has 0 bridgehead atoms. The van der Waals surface area contributed by atoms with Crippen molar-refractivity contribution in [1.29, 1.82) is 0 Å². The minimum absolute atomic E-state index is 0. The maximum absolute atomic E-state index is 13.7. The zero-order chi connectivity index (χ0) is 21.1. The molecule has 2 rings (SSSR count). The molecule has 164 valence electrons. The van der Waals surface area contributed by atoms with Crippen LogP contribution in [0.2, 0.25) is 0 Å². The van der Waals surface area contributed by atoms with Gasteiger partial charge in [0.05, 0.1) is 6.54 Å². The first-order valence-electron chi connectivity index (χ1n) is 9.63. The van der Waals surface area contributed by atoms with E-state index in [1.165, 1.54) is 6.07 Å². The molecule has 9 heteroatoms. The van der Waals surface area contributed by atoms with E-state index in [9.17, 15) is 9.18 Å². The number of hydrogen-bond acceptors (Lipinski definition) is 4. The largest absolute Gasteiger partial charge is 0.486 e. The van der Waals surface area contributed by atoms with E-state index in [-0.39, 0.29) is 48.2 Å². The number of nitrogens with zero attached hydrogens (tertiary/aromatic N) is 2. The van der Waals surface area contributed by atoms with E-state index in [1.807, 2.05) is 26.8 Å². The lowest BCUT2D eigenvalue weighted by Gasteiger charge is -2.15. The molecule has 0 aliphatic heterocycles. The van der Waals surface area contributed by atoms with Crippen molar-refractivity contribution < 1.29 is 13.9 Å². The first kappa shape index (κ1) is 25.6. The summed E-state index contributed by atoms with van der Waals surface area (Å²) in [6.07, 6.45) is 1.66. The van der Waals surface area contributed by atoms with E-state index >= 15 is 0 Å². The highest BCUT2D eigenvalue weighted by molar-refractivity contribution is 14.0. The van der Waals surface area contributed by atoms with Gasteiger partial charge in [-0.05, 0) is 44.5 Å². The van der Waals surface area contributed by atoms with Gasteiger partial charge in [0.15, 0.2) is 17.5 Å². The third-order valence-electron chi connectivity index (χ3n) is 3.84. The van der Waals surface area contributed by atoms with Gasteiger partial charge in [0.2, 0.25) is 5.91 Å². The molecule has 0 aliphatic carbocycles. The molecule has 1 aromatic heterocycles. The third kappa shape index (κ3) is 9.38. The molecule has 0 fully saturated rings. The van der Waals surface area contributed by atoms with Gasteiger partial charge in [-0.15, -0.1) is 24.0 Å². The highest BCUT2D eigenvalue weighted by atomic mass is 127. The van der Waals surface area contributed by atoms with Crippen LogP contribution in [-0.2, 0) is 4.79 Å². The summed E-state index contributed by atoms with van der Waals surface area (Å²) in [7, 11) is 0. The van der Waals surface area contributed by atoms with Gasteiger partial charge < -0.3 is 20.7 Å². The molecule has 30 heavy (non-hydrogen) atoms. The number of halogens is 2. The van der Waals surface area contributed by atoms with E-state index in [0.717, 1.165) is 5.56 Å². The van der Waals surface area contributed by atoms with Crippen molar-refractivity contribution in [3.05, 3.63) is 54.0 Å². The Bertz CT molecular complexity index is 817. The zero-order valence-electron chi connectivity index (χ0n) is 17.4. The van der Waals surface area contributed by atoms with E-state index < -0.39 is 5.82 Å². The number of rotatable bonds is 9. The number of aliphatic imine (C=N–C) groups is 1. The van der Waals surface area contributed by atoms with Gasteiger partial charge in [0.1, 0.15) is 11.9 Å².